The lowest BCUT2D eigenvalue weighted by Crippen LogP contribution is -2.23. The van der Waals surface area contributed by atoms with Crippen molar-refractivity contribution in [1.82, 2.24) is 0 Å². The Morgan fingerprint density at radius 1 is 0.966 bits per heavy atom. The summed E-state index contributed by atoms with van der Waals surface area (Å²) in [5.41, 5.74) is 3.23. The van der Waals surface area contributed by atoms with Crippen molar-refractivity contribution in [3.8, 4) is 11.5 Å². The molecule has 0 spiro atoms. The number of rotatable bonds is 8. The molecule has 0 N–H and O–H groups in total. The molecule has 0 amide bonds. The van der Waals surface area contributed by atoms with Crippen molar-refractivity contribution in [3.05, 3.63) is 59.2 Å². The molecule has 0 aliphatic heterocycles. The third-order valence-corrected chi connectivity index (χ3v) is 8.60. The molecule has 29 heavy (non-hydrogen) atoms. The lowest BCUT2D eigenvalue weighted by Gasteiger charge is -2.12. The average Bonchev–Trinajstić information content (AvgIpc) is 3.00. The van der Waals surface area contributed by atoms with Crippen molar-refractivity contribution in [1.29, 1.82) is 0 Å². The van der Waals surface area contributed by atoms with Crippen LogP contribution < -0.4 is 4.74 Å². The van der Waals surface area contributed by atoms with Gasteiger partial charge in [0.15, 0.2) is 9.84 Å². The van der Waals surface area contributed by atoms with Crippen LogP contribution in [0.5, 0.6) is 11.5 Å². The summed E-state index contributed by atoms with van der Waals surface area (Å²) in [6.07, 6.45) is 3.21. The van der Waals surface area contributed by atoms with Crippen LogP contribution in [0.15, 0.2) is 42.5 Å². The van der Waals surface area contributed by atoms with E-state index in [0.29, 0.717) is 17.9 Å². The Bertz CT molecular complexity index is 1090. The zero-order chi connectivity index (χ0) is 21.2. The number of benzene rings is 2. The second kappa shape index (κ2) is 8.48. The Hall–Kier alpha value is -1.86. The minimum absolute atomic E-state index is 0.107. The van der Waals surface area contributed by atoms with Gasteiger partial charge in [0.25, 0.3) is 0 Å². The lowest BCUT2D eigenvalue weighted by atomic mass is 10.1. The predicted molar refractivity (Wildman–Crippen MR) is 116 cm³/mol. The van der Waals surface area contributed by atoms with E-state index in [0.717, 1.165) is 24.0 Å². The van der Waals surface area contributed by atoms with E-state index in [1.807, 2.05) is 42.5 Å². The number of sulfone groups is 2. The van der Waals surface area contributed by atoms with E-state index < -0.39 is 19.7 Å². The van der Waals surface area contributed by atoms with Crippen molar-refractivity contribution in [2.75, 3.05) is 17.8 Å². The van der Waals surface area contributed by atoms with Crippen molar-refractivity contribution >= 4 is 19.7 Å². The predicted octanol–water partition coefficient (Wildman–Crippen LogP) is 3.60. The molecule has 0 bridgehead atoms. The molecule has 1 aliphatic carbocycles. The molecule has 158 valence electrons. The van der Waals surface area contributed by atoms with E-state index >= 15 is 0 Å². The van der Waals surface area contributed by atoms with Gasteiger partial charge in [-0.1, -0.05) is 18.2 Å². The largest absolute Gasteiger partial charge is 0.457 e. The number of hydrogen-bond acceptors (Lipinski definition) is 5. The standard InChI is InChI=1S/C22H28O5S2/c1-16(2)29(25,26)15-18-11-19-7-8-22(14-20(19)12-18)27-21-6-4-5-17(13-21)9-10-28(3,23)24/h4-8,13-14,16,18H,9-12,15H2,1-3H3/t18-/m0/s1. The molecule has 2 aromatic rings. The van der Waals surface area contributed by atoms with Crippen molar-refractivity contribution in [2.24, 2.45) is 5.92 Å². The van der Waals surface area contributed by atoms with Gasteiger partial charge < -0.3 is 4.74 Å². The van der Waals surface area contributed by atoms with Gasteiger partial charge >= 0.3 is 0 Å². The highest BCUT2D eigenvalue weighted by Gasteiger charge is 2.28. The van der Waals surface area contributed by atoms with Crippen molar-refractivity contribution < 1.29 is 21.6 Å². The van der Waals surface area contributed by atoms with Gasteiger partial charge in [-0.15, -0.1) is 0 Å². The molecular weight excluding hydrogens is 408 g/mol. The van der Waals surface area contributed by atoms with Crippen LogP contribution in [0.1, 0.15) is 30.5 Å². The van der Waals surface area contributed by atoms with Gasteiger partial charge in [0, 0.05) is 6.26 Å². The van der Waals surface area contributed by atoms with E-state index in [2.05, 4.69) is 0 Å². The molecular formula is C22H28O5S2. The highest BCUT2D eigenvalue weighted by atomic mass is 32.2. The normalized spacial score (nSPS) is 16.8. The minimum Gasteiger partial charge on any atom is -0.457 e. The first-order chi connectivity index (χ1) is 13.5. The van der Waals surface area contributed by atoms with Crippen LogP contribution in [-0.4, -0.2) is 39.8 Å². The second-order valence-corrected chi connectivity index (χ2v) is 13.1. The third kappa shape index (κ3) is 6.06. The van der Waals surface area contributed by atoms with Gasteiger partial charge in [-0.3, -0.25) is 0 Å². The van der Waals surface area contributed by atoms with E-state index in [1.54, 1.807) is 13.8 Å². The first kappa shape index (κ1) is 21.8. The van der Waals surface area contributed by atoms with E-state index in [1.165, 1.54) is 11.8 Å². The van der Waals surface area contributed by atoms with Gasteiger partial charge in [0.2, 0.25) is 0 Å². The molecule has 0 aromatic heterocycles. The molecule has 0 saturated carbocycles. The van der Waals surface area contributed by atoms with E-state index in [9.17, 15) is 16.8 Å². The fourth-order valence-corrected chi connectivity index (χ4v) is 5.48. The average molecular weight is 437 g/mol. The fraction of sp³-hybridized carbons (Fsp3) is 0.455. The van der Waals surface area contributed by atoms with Gasteiger partial charge in [-0.05, 0) is 80.0 Å². The van der Waals surface area contributed by atoms with Crippen LogP contribution >= 0.6 is 0 Å². The van der Waals surface area contributed by atoms with Gasteiger partial charge in [0.1, 0.15) is 21.3 Å². The molecule has 0 unspecified atom stereocenters. The molecule has 3 rings (SSSR count). The summed E-state index contributed by atoms with van der Waals surface area (Å²) in [5.74, 6) is 1.81. The van der Waals surface area contributed by atoms with Crippen LogP contribution in [0.2, 0.25) is 0 Å². The molecule has 0 fully saturated rings. The van der Waals surface area contributed by atoms with Crippen molar-refractivity contribution in [2.45, 2.75) is 38.4 Å². The van der Waals surface area contributed by atoms with Gasteiger partial charge in [-0.25, -0.2) is 16.8 Å². The Balaban J connectivity index is 1.68. The number of ether oxygens (including phenoxy) is 1. The highest BCUT2D eigenvalue weighted by molar-refractivity contribution is 7.92. The van der Waals surface area contributed by atoms with Crippen LogP contribution in [0, 0.1) is 5.92 Å². The smallest absolute Gasteiger partial charge is 0.152 e. The molecule has 0 radical (unpaired) electrons. The number of aryl methyl sites for hydroxylation is 1. The van der Waals surface area contributed by atoms with Gasteiger partial charge in [-0.2, -0.15) is 0 Å². The summed E-state index contributed by atoms with van der Waals surface area (Å²) in [7, 11) is -6.06. The fourth-order valence-electron chi connectivity index (χ4n) is 3.59. The first-order valence-electron chi connectivity index (χ1n) is 9.80. The van der Waals surface area contributed by atoms with Crippen molar-refractivity contribution in [3.63, 3.8) is 0 Å². The van der Waals surface area contributed by atoms with Crippen LogP contribution in [-0.2, 0) is 38.9 Å². The van der Waals surface area contributed by atoms with E-state index in [-0.39, 0.29) is 22.7 Å². The Kier molecular flexibility index (Phi) is 6.39. The number of fused-ring (bicyclic) bond motifs is 1. The highest BCUT2D eigenvalue weighted by Crippen LogP contribution is 2.33. The number of hydrogen-bond donors (Lipinski definition) is 0. The SMILES string of the molecule is CC(C)S(=O)(=O)C[C@H]1Cc2ccc(Oc3cccc(CCS(C)(=O)=O)c3)cc2C1. The van der Waals surface area contributed by atoms with Crippen LogP contribution in [0.3, 0.4) is 0 Å². The molecule has 7 heteroatoms. The Morgan fingerprint density at radius 2 is 1.66 bits per heavy atom. The quantitative estimate of drug-likeness (QED) is 0.632. The molecule has 5 nitrogen and oxygen atoms in total. The minimum atomic E-state index is -3.05. The summed E-state index contributed by atoms with van der Waals surface area (Å²) >= 11 is 0. The molecule has 1 aliphatic rings. The molecule has 0 heterocycles. The molecule has 2 aromatic carbocycles. The zero-order valence-electron chi connectivity index (χ0n) is 17.1. The van der Waals surface area contributed by atoms with Crippen LogP contribution in [0.25, 0.3) is 0 Å². The second-order valence-electron chi connectivity index (χ2n) is 8.21. The summed E-state index contributed by atoms with van der Waals surface area (Å²) in [6.45, 7) is 3.46. The molecule has 1 atom stereocenters. The third-order valence-electron chi connectivity index (χ3n) is 5.28. The first-order valence-corrected chi connectivity index (χ1v) is 13.6. The monoisotopic (exact) mass is 436 g/mol. The maximum atomic E-state index is 12.2. The van der Waals surface area contributed by atoms with E-state index in [4.69, 9.17) is 4.74 Å². The Morgan fingerprint density at radius 3 is 2.34 bits per heavy atom. The van der Waals surface area contributed by atoms with Crippen LogP contribution in [0.4, 0.5) is 0 Å². The Labute approximate surface area is 173 Å². The molecule has 0 saturated heterocycles. The topological polar surface area (TPSA) is 77.5 Å². The maximum absolute atomic E-state index is 12.2. The summed E-state index contributed by atoms with van der Waals surface area (Å²) in [4.78, 5) is 0. The maximum Gasteiger partial charge on any atom is 0.152 e. The van der Waals surface area contributed by atoms with Gasteiger partial charge in [0.05, 0.1) is 16.8 Å². The summed E-state index contributed by atoms with van der Waals surface area (Å²) in [6, 6.07) is 13.3. The summed E-state index contributed by atoms with van der Waals surface area (Å²) in [5, 5.41) is -0.347. The zero-order valence-corrected chi connectivity index (χ0v) is 18.7. The lowest BCUT2D eigenvalue weighted by molar-refractivity contribution is 0.481. The summed E-state index contributed by atoms with van der Waals surface area (Å²) < 4.78 is 53.2.